The lowest BCUT2D eigenvalue weighted by molar-refractivity contribution is -0.134. The number of hydrogen-bond acceptors (Lipinski definition) is 1. The first-order valence-corrected chi connectivity index (χ1v) is 6.56. The van der Waals surface area contributed by atoms with Gasteiger partial charge in [-0.1, -0.05) is 29.8 Å². The number of likely N-dealkylation sites (tertiary alicyclic amines) is 1. The van der Waals surface area contributed by atoms with Crippen LogP contribution in [0.2, 0.25) is 0 Å². The van der Waals surface area contributed by atoms with Gasteiger partial charge in [-0.05, 0) is 32.1 Å². The topological polar surface area (TPSA) is 20.3 Å². The van der Waals surface area contributed by atoms with Crippen LogP contribution in [-0.4, -0.2) is 28.2 Å². The van der Waals surface area contributed by atoms with Gasteiger partial charge < -0.3 is 4.90 Å². The fourth-order valence-electron chi connectivity index (χ4n) is 2.07. The lowest BCUT2D eigenvalue weighted by atomic mass is 9.99. The van der Waals surface area contributed by atoms with Gasteiger partial charge in [0.05, 0.1) is 4.83 Å². The van der Waals surface area contributed by atoms with Gasteiger partial charge in [0.25, 0.3) is 0 Å². The molecule has 1 aliphatic rings. The monoisotopic (exact) mass is 261 g/mol. The summed E-state index contributed by atoms with van der Waals surface area (Å²) >= 11 is 3.44. The molecule has 14 heavy (non-hydrogen) atoms. The quantitative estimate of drug-likeness (QED) is 0.716. The molecule has 3 heteroatoms. The number of rotatable bonds is 3. The number of carbonyl (C=O) groups is 1. The second-order valence-corrected chi connectivity index (χ2v) is 5.07. The number of nitrogens with zero attached hydrogens (tertiary/aromatic N) is 1. The summed E-state index contributed by atoms with van der Waals surface area (Å²) < 4.78 is 0. The highest BCUT2D eigenvalue weighted by molar-refractivity contribution is 9.10. The second kappa shape index (κ2) is 5.74. The highest BCUT2D eigenvalue weighted by Crippen LogP contribution is 2.22. The zero-order chi connectivity index (χ0) is 10.6. The van der Waals surface area contributed by atoms with Crippen molar-refractivity contribution in [3.8, 4) is 0 Å². The molecule has 1 amide bonds. The van der Waals surface area contributed by atoms with E-state index in [4.69, 9.17) is 0 Å². The van der Waals surface area contributed by atoms with E-state index in [0.29, 0.717) is 11.9 Å². The molecule has 0 bridgehead atoms. The van der Waals surface area contributed by atoms with E-state index in [9.17, 15) is 4.79 Å². The summed E-state index contributed by atoms with van der Waals surface area (Å²) in [5.74, 6) is 0.291. The van der Waals surface area contributed by atoms with E-state index >= 15 is 0 Å². The standard InChI is InChI=1S/C11H20BrNO/c1-3-9-7-5-6-8-13(9)11(14)10(12)4-2/h9-10H,3-8H2,1-2H3/t9-,10-/m1/s1. The van der Waals surface area contributed by atoms with E-state index in [1.54, 1.807) is 0 Å². The van der Waals surface area contributed by atoms with Gasteiger partial charge >= 0.3 is 0 Å². The van der Waals surface area contributed by atoms with Crippen molar-refractivity contribution in [3.63, 3.8) is 0 Å². The molecule has 0 unspecified atom stereocenters. The smallest absolute Gasteiger partial charge is 0.236 e. The third kappa shape index (κ3) is 2.72. The van der Waals surface area contributed by atoms with E-state index in [1.807, 2.05) is 6.92 Å². The van der Waals surface area contributed by atoms with E-state index < -0.39 is 0 Å². The SMILES string of the molecule is CC[C@@H]1CCCCN1C(=O)[C@H](Br)CC. The van der Waals surface area contributed by atoms with Crippen molar-refractivity contribution in [2.24, 2.45) is 0 Å². The fraction of sp³-hybridized carbons (Fsp3) is 0.909. The first-order valence-electron chi connectivity index (χ1n) is 5.65. The van der Waals surface area contributed by atoms with Crippen LogP contribution in [0.25, 0.3) is 0 Å². The Kier molecular flexibility index (Phi) is 4.93. The summed E-state index contributed by atoms with van der Waals surface area (Å²) in [5, 5.41) is 0. The number of halogens is 1. The third-order valence-electron chi connectivity index (χ3n) is 3.01. The first-order chi connectivity index (χ1) is 6.70. The molecule has 0 N–H and O–H groups in total. The lowest BCUT2D eigenvalue weighted by Gasteiger charge is -2.36. The molecule has 1 fully saturated rings. The highest BCUT2D eigenvalue weighted by Gasteiger charge is 2.28. The predicted octanol–water partition coefficient (Wildman–Crippen LogP) is 2.95. The average molecular weight is 262 g/mol. The Labute approximate surface area is 95.2 Å². The molecule has 0 spiro atoms. The van der Waals surface area contributed by atoms with Crippen molar-refractivity contribution in [3.05, 3.63) is 0 Å². The molecule has 1 aliphatic heterocycles. The molecule has 0 saturated carbocycles. The Hall–Kier alpha value is -0.0500. The van der Waals surface area contributed by atoms with Crippen molar-refractivity contribution in [2.45, 2.75) is 56.8 Å². The summed E-state index contributed by atoms with van der Waals surface area (Å²) in [6.07, 6.45) is 5.61. The van der Waals surface area contributed by atoms with E-state index in [2.05, 4.69) is 27.8 Å². The van der Waals surface area contributed by atoms with Crippen molar-refractivity contribution in [1.29, 1.82) is 0 Å². The minimum atomic E-state index is 0.0228. The van der Waals surface area contributed by atoms with Gasteiger partial charge in [0.1, 0.15) is 0 Å². The zero-order valence-electron chi connectivity index (χ0n) is 9.13. The molecule has 0 aromatic carbocycles. The summed E-state index contributed by atoms with van der Waals surface area (Å²) in [7, 11) is 0. The Morgan fingerprint density at radius 3 is 2.79 bits per heavy atom. The average Bonchev–Trinajstić information content (AvgIpc) is 2.26. The highest BCUT2D eigenvalue weighted by atomic mass is 79.9. The largest absolute Gasteiger partial charge is 0.339 e. The summed E-state index contributed by atoms with van der Waals surface area (Å²) in [6.45, 7) is 5.17. The van der Waals surface area contributed by atoms with Gasteiger partial charge in [0, 0.05) is 12.6 Å². The van der Waals surface area contributed by atoms with Gasteiger partial charge in [-0.2, -0.15) is 0 Å². The molecule has 0 aromatic heterocycles. The van der Waals surface area contributed by atoms with Crippen molar-refractivity contribution in [2.75, 3.05) is 6.54 Å². The van der Waals surface area contributed by atoms with Crippen LogP contribution in [0, 0.1) is 0 Å². The molecule has 0 aliphatic carbocycles. The number of carbonyl (C=O) groups excluding carboxylic acids is 1. The number of piperidine rings is 1. The van der Waals surface area contributed by atoms with Crippen molar-refractivity contribution >= 4 is 21.8 Å². The van der Waals surface area contributed by atoms with E-state index in [0.717, 1.165) is 19.4 Å². The van der Waals surface area contributed by atoms with Crippen LogP contribution < -0.4 is 0 Å². The van der Waals surface area contributed by atoms with Gasteiger partial charge in [0.15, 0.2) is 0 Å². The normalized spacial score (nSPS) is 24.8. The molecule has 0 aromatic rings. The zero-order valence-corrected chi connectivity index (χ0v) is 10.7. The Morgan fingerprint density at radius 2 is 2.21 bits per heavy atom. The minimum absolute atomic E-state index is 0.0228. The predicted molar refractivity (Wildman–Crippen MR) is 62.6 cm³/mol. The molecule has 1 saturated heterocycles. The van der Waals surface area contributed by atoms with Crippen LogP contribution >= 0.6 is 15.9 Å². The molecule has 82 valence electrons. The number of alkyl halides is 1. The van der Waals surface area contributed by atoms with Crippen LogP contribution in [0.15, 0.2) is 0 Å². The van der Waals surface area contributed by atoms with Crippen LogP contribution in [0.1, 0.15) is 46.0 Å². The first kappa shape index (κ1) is 12.0. The Morgan fingerprint density at radius 1 is 1.50 bits per heavy atom. The number of hydrogen-bond donors (Lipinski definition) is 0. The van der Waals surface area contributed by atoms with E-state index in [1.165, 1.54) is 19.3 Å². The van der Waals surface area contributed by atoms with E-state index in [-0.39, 0.29) is 4.83 Å². The molecule has 2 atom stereocenters. The maximum atomic E-state index is 12.0. The lowest BCUT2D eigenvalue weighted by Crippen LogP contribution is -2.46. The molecule has 0 radical (unpaired) electrons. The van der Waals surface area contributed by atoms with Gasteiger partial charge in [-0.25, -0.2) is 0 Å². The van der Waals surface area contributed by atoms with Gasteiger partial charge in [-0.15, -0.1) is 0 Å². The molecular weight excluding hydrogens is 242 g/mol. The summed E-state index contributed by atoms with van der Waals surface area (Å²) in [5.41, 5.74) is 0. The summed E-state index contributed by atoms with van der Waals surface area (Å²) in [4.78, 5) is 14.1. The van der Waals surface area contributed by atoms with Crippen LogP contribution in [0.3, 0.4) is 0 Å². The third-order valence-corrected chi connectivity index (χ3v) is 4.05. The molecule has 1 rings (SSSR count). The maximum absolute atomic E-state index is 12.0. The fourth-order valence-corrected chi connectivity index (χ4v) is 2.33. The number of amides is 1. The molecule has 2 nitrogen and oxygen atoms in total. The Balaban J connectivity index is 2.58. The van der Waals surface area contributed by atoms with Gasteiger partial charge in [-0.3, -0.25) is 4.79 Å². The summed E-state index contributed by atoms with van der Waals surface area (Å²) in [6, 6.07) is 0.489. The molecular formula is C11H20BrNO. The van der Waals surface area contributed by atoms with Crippen LogP contribution in [-0.2, 0) is 4.79 Å². The van der Waals surface area contributed by atoms with Crippen molar-refractivity contribution in [1.82, 2.24) is 4.90 Å². The maximum Gasteiger partial charge on any atom is 0.236 e. The molecule has 1 heterocycles. The van der Waals surface area contributed by atoms with Crippen LogP contribution in [0.5, 0.6) is 0 Å². The van der Waals surface area contributed by atoms with Crippen molar-refractivity contribution < 1.29 is 4.79 Å². The van der Waals surface area contributed by atoms with Gasteiger partial charge in [0.2, 0.25) is 5.91 Å². The second-order valence-electron chi connectivity index (χ2n) is 3.97. The minimum Gasteiger partial charge on any atom is -0.339 e. The van der Waals surface area contributed by atoms with Crippen LogP contribution in [0.4, 0.5) is 0 Å². The Bertz CT molecular complexity index is 196.